The largest absolute Gasteiger partial charge is 0.464 e. The van der Waals surface area contributed by atoms with Gasteiger partial charge in [-0.25, -0.2) is 0 Å². The van der Waals surface area contributed by atoms with Crippen LogP contribution < -0.4 is 9.30 Å². The number of nitrogens with zero attached hydrogens (tertiary/aromatic N) is 1. The highest BCUT2D eigenvalue weighted by Crippen LogP contribution is 2.46. The van der Waals surface area contributed by atoms with E-state index in [1.807, 2.05) is 30.3 Å². The van der Waals surface area contributed by atoms with Crippen LogP contribution >= 0.6 is 0 Å². The minimum Gasteiger partial charge on any atom is -0.464 e. The molecule has 5 aromatic rings. The van der Waals surface area contributed by atoms with Crippen LogP contribution in [0.1, 0.15) is 0 Å². The highest BCUT2D eigenvalue weighted by atomic mass is 16.5. The summed E-state index contributed by atoms with van der Waals surface area (Å²) < 4.78 is 14.1. The SMILES string of the molecule is C[n+]1c2c3c(cccc3c3ccc(-c4ccco4)cc31)Oc1ccccc1-2. The summed E-state index contributed by atoms with van der Waals surface area (Å²) in [5.41, 5.74) is 4.55. The Hall–Kier alpha value is -3.59. The Morgan fingerprint density at radius 3 is 2.56 bits per heavy atom. The van der Waals surface area contributed by atoms with E-state index in [1.54, 1.807) is 6.26 Å². The monoisotopic (exact) mass is 350 g/mol. The lowest BCUT2D eigenvalue weighted by molar-refractivity contribution is -0.632. The molecule has 0 fully saturated rings. The number of ether oxygens (including phenoxy) is 1. The maximum absolute atomic E-state index is 6.21. The van der Waals surface area contributed by atoms with Crippen molar-refractivity contribution in [2.24, 2.45) is 7.05 Å². The summed E-state index contributed by atoms with van der Waals surface area (Å²) in [7, 11) is 2.13. The van der Waals surface area contributed by atoms with Gasteiger partial charge in [-0.2, -0.15) is 4.57 Å². The first-order valence-electron chi connectivity index (χ1n) is 9.01. The van der Waals surface area contributed by atoms with Gasteiger partial charge in [-0.3, -0.25) is 0 Å². The van der Waals surface area contributed by atoms with Crippen molar-refractivity contribution in [1.29, 1.82) is 0 Å². The van der Waals surface area contributed by atoms with Crippen LogP contribution in [0, 0.1) is 0 Å². The number of aromatic nitrogens is 1. The summed E-state index contributed by atoms with van der Waals surface area (Å²) in [6.07, 6.45) is 1.71. The van der Waals surface area contributed by atoms with Crippen molar-refractivity contribution in [3.63, 3.8) is 0 Å². The third kappa shape index (κ3) is 1.94. The highest BCUT2D eigenvalue weighted by molar-refractivity contribution is 6.13. The molecular formula is C24H16NO2+. The molecule has 0 saturated heterocycles. The molecule has 0 radical (unpaired) electrons. The topological polar surface area (TPSA) is 26.2 Å². The normalized spacial score (nSPS) is 12.2. The first-order valence-corrected chi connectivity index (χ1v) is 9.01. The molecule has 0 amide bonds. The van der Waals surface area contributed by atoms with E-state index in [2.05, 4.69) is 54.1 Å². The van der Waals surface area contributed by atoms with Gasteiger partial charge in [0, 0.05) is 17.0 Å². The van der Waals surface area contributed by atoms with Crippen LogP contribution in [0.25, 0.3) is 44.3 Å². The van der Waals surface area contributed by atoms with E-state index >= 15 is 0 Å². The van der Waals surface area contributed by atoms with Crippen molar-refractivity contribution in [2.75, 3.05) is 0 Å². The molecule has 3 nitrogen and oxygen atoms in total. The minimum absolute atomic E-state index is 0.878. The molecule has 0 N–H and O–H groups in total. The van der Waals surface area contributed by atoms with E-state index in [1.165, 1.54) is 22.0 Å². The lowest BCUT2D eigenvalue weighted by atomic mass is 9.95. The van der Waals surface area contributed by atoms with Crippen LogP contribution in [0.15, 0.2) is 83.5 Å². The van der Waals surface area contributed by atoms with E-state index in [4.69, 9.17) is 9.15 Å². The van der Waals surface area contributed by atoms with Gasteiger partial charge in [0.2, 0.25) is 11.2 Å². The van der Waals surface area contributed by atoms with Crippen LogP contribution in [-0.2, 0) is 7.05 Å². The number of para-hydroxylation sites is 1. The number of hydrogen-bond donors (Lipinski definition) is 0. The quantitative estimate of drug-likeness (QED) is 0.275. The van der Waals surface area contributed by atoms with E-state index in [0.29, 0.717) is 0 Å². The van der Waals surface area contributed by atoms with Crippen molar-refractivity contribution < 1.29 is 13.7 Å². The number of rotatable bonds is 1. The Bertz CT molecular complexity index is 1350. The molecule has 0 aliphatic carbocycles. The van der Waals surface area contributed by atoms with Crippen molar-refractivity contribution >= 4 is 21.7 Å². The second-order valence-electron chi connectivity index (χ2n) is 6.89. The molecule has 3 aromatic carbocycles. The second-order valence-corrected chi connectivity index (χ2v) is 6.89. The fourth-order valence-electron chi connectivity index (χ4n) is 4.19. The maximum Gasteiger partial charge on any atom is 0.228 e. The van der Waals surface area contributed by atoms with Crippen LogP contribution in [0.5, 0.6) is 11.5 Å². The van der Waals surface area contributed by atoms with Crippen molar-refractivity contribution in [1.82, 2.24) is 0 Å². The minimum atomic E-state index is 0.878. The van der Waals surface area contributed by atoms with Gasteiger partial charge in [0.25, 0.3) is 0 Å². The summed E-state index contributed by atoms with van der Waals surface area (Å²) >= 11 is 0. The maximum atomic E-state index is 6.21. The van der Waals surface area contributed by atoms with Crippen molar-refractivity contribution in [2.45, 2.75) is 0 Å². The summed E-state index contributed by atoms with van der Waals surface area (Å²) in [4.78, 5) is 0. The van der Waals surface area contributed by atoms with E-state index in [-0.39, 0.29) is 0 Å². The molecule has 0 unspecified atom stereocenters. The molecule has 27 heavy (non-hydrogen) atoms. The average Bonchev–Trinajstić information content (AvgIpc) is 3.25. The summed E-state index contributed by atoms with van der Waals surface area (Å²) in [5, 5.41) is 3.57. The Kier molecular flexibility index (Phi) is 2.81. The van der Waals surface area contributed by atoms with Crippen LogP contribution in [0.2, 0.25) is 0 Å². The lowest BCUT2D eigenvalue weighted by Crippen LogP contribution is -2.33. The molecule has 128 valence electrons. The van der Waals surface area contributed by atoms with Crippen LogP contribution in [0.4, 0.5) is 0 Å². The lowest BCUT2D eigenvalue weighted by Gasteiger charge is -2.20. The zero-order valence-corrected chi connectivity index (χ0v) is 14.8. The fraction of sp³-hybridized carbons (Fsp3) is 0.0417. The molecule has 2 aromatic heterocycles. The van der Waals surface area contributed by atoms with Crippen LogP contribution in [0.3, 0.4) is 0 Å². The molecule has 0 spiro atoms. The average molecular weight is 350 g/mol. The molecule has 1 aliphatic heterocycles. The molecule has 1 aliphatic rings. The molecule has 0 atom stereocenters. The zero-order chi connectivity index (χ0) is 18.0. The second kappa shape index (κ2) is 5.21. The predicted octanol–water partition coefficient (Wildman–Crippen LogP) is 5.85. The Morgan fingerprint density at radius 1 is 0.778 bits per heavy atom. The van der Waals surface area contributed by atoms with E-state index in [9.17, 15) is 0 Å². The third-order valence-corrected chi connectivity index (χ3v) is 5.42. The third-order valence-electron chi connectivity index (χ3n) is 5.42. The molecule has 0 saturated carbocycles. The zero-order valence-electron chi connectivity index (χ0n) is 14.8. The van der Waals surface area contributed by atoms with E-state index < -0.39 is 0 Å². The van der Waals surface area contributed by atoms with E-state index in [0.717, 1.165) is 33.8 Å². The number of hydrogen-bond acceptors (Lipinski definition) is 2. The Labute approximate surface area is 156 Å². The molecule has 3 heteroatoms. The first-order chi connectivity index (χ1) is 13.3. The smallest absolute Gasteiger partial charge is 0.228 e. The number of fused-ring (bicyclic) bond motifs is 4. The van der Waals surface area contributed by atoms with Gasteiger partial charge >= 0.3 is 0 Å². The number of aryl methyl sites for hydroxylation is 1. The number of pyridine rings is 1. The first kappa shape index (κ1) is 14.6. The predicted molar refractivity (Wildman–Crippen MR) is 106 cm³/mol. The standard InChI is InChI=1S/C24H16NO2/c1-25-19-14-15(20-10-5-13-26-20)11-12-16(19)17-7-4-9-22-23(17)24(25)18-6-2-3-8-21(18)27-22/h2-14H,1H3/q+1. The van der Waals surface area contributed by atoms with Gasteiger partial charge in [-0.1, -0.05) is 30.3 Å². The molecule has 6 rings (SSSR count). The van der Waals surface area contributed by atoms with Gasteiger partial charge in [0.05, 0.1) is 22.6 Å². The Morgan fingerprint density at radius 2 is 1.67 bits per heavy atom. The van der Waals surface area contributed by atoms with Crippen molar-refractivity contribution in [3.05, 3.63) is 79.1 Å². The summed E-state index contributed by atoms with van der Waals surface area (Å²) in [5.74, 6) is 2.69. The van der Waals surface area contributed by atoms with Gasteiger partial charge in [0.1, 0.15) is 24.3 Å². The molecule has 0 bridgehead atoms. The van der Waals surface area contributed by atoms with Gasteiger partial charge < -0.3 is 9.15 Å². The van der Waals surface area contributed by atoms with Gasteiger partial charge in [-0.05, 0) is 36.4 Å². The number of furan rings is 1. The van der Waals surface area contributed by atoms with Gasteiger partial charge in [0.15, 0.2) is 0 Å². The summed E-state index contributed by atoms with van der Waals surface area (Å²) in [6.45, 7) is 0. The van der Waals surface area contributed by atoms with Crippen LogP contribution in [-0.4, -0.2) is 0 Å². The van der Waals surface area contributed by atoms with Crippen molar-refractivity contribution in [3.8, 4) is 34.1 Å². The molecular weight excluding hydrogens is 334 g/mol. The Balaban J connectivity index is 1.80. The van der Waals surface area contributed by atoms with Gasteiger partial charge in [-0.15, -0.1) is 0 Å². The number of benzene rings is 3. The summed E-state index contributed by atoms with van der Waals surface area (Å²) in [6, 6.07) is 24.9. The molecule has 3 heterocycles. The highest BCUT2D eigenvalue weighted by Gasteiger charge is 2.29. The fourth-order valence-corrected chi connectivity index (χ4v) is 4.19.